The first-order valence-electron chi connectivity index (χ1n) is 7.16. The molecule has 3 heterocycles. The number of hydrogen-bond acceptors (Lipinski definition) is 6. The number of nitrogens with zero attached hydrogens (tertiary/aromatic N) is 6. The van der Waals surface area contributed by atoms with E-state index in [9.17, 15) is 4.79 Å². The average Bonchev–Trinajstić information content (AvgIpc) is 3.18. The van der Waals surface area contributed by atoms with Crippen molar-refractivity contribution in [2.75, 3.05) is 6.54 Å². The summed E-state index contributed by atoms with van der Waals surface area (Å²) in [4.78, 5) is 22.4. The van der Waals surface area contributed by atoms with Crippen LogP contribution in [0.4, 0.5) is 0 Å². The lowest BCUT2D eigenvalue weighted by Gasteiger charge is -2.22. The average molecular weight is 290 g/mol. The minimum Gasteiger partial charge on any atom is -0.340 e. The fourth-order valence-corrected chi connectivity index (χ4v) is 2.67. The topological polar surface area (TPSA) is 89.9 Å². The van der Waals surface area contributed by atoms with Gasteiger partial charge in [0.25, 0.3) is 0 Å². The van der Waals surface area contributed by atoms with E-state index in [4.69, 9.17) is 4.52 Å². The van der Waals surface area contributed by atoms with E-state index < -0.39 is 0 Å². The van der Waals surface area contributed by atoms with Crippen LogP contribution < -0.4 is 0 Å². The Kier molecular flexibility index (Phi) is 3.94. The van der Waals surface area contributed by atoms with Gasteiger partial charge in [-0.25, -0.2) is 4.98 Å². The Hall–Kier alpha value is -2.25. The van der Waals surface area contributed by atoms with Crippen LogP contribution in [0.3, 0.4) is 0 Å². The summed E-state index contributed by atoms with van der Waals surface area (Å²) in [6.07, 6.45) is 6.27. The summed E-state index contributed by atoms with van der Waals surface area (Å²) in [5, 5.41) is 7.97. The van der Waals surface area contributed by atoms with Crippen LogP contribution in [0.15, 0.2) is 17.2 Å². The van der Waals surface area contributed by atoms with E-state index in [1.165, 1.54) is 6.33 Å². The molecule has 2 aromatic rings. The zero-order chi connectivity index (χ0) is 14.7. The third-order valence-electron chi connectivity index (χ3n) is 3.66. The van der Waals surface area contributed by atoms with Gasteiger partial charge in [-0.1, -0.05) is 5.16 Å². The molecule has 0 aromatic carbocycles. The highest BCUT2D eigenvalue weighted by Crippen LogP contribution is 2.30. The number of aryl methyl sites for hydroxylation is 2. The highest BCUT2D eigenvalue weighted by atomic mass is 16.5. The van der Waals surface area contributed by atoms with Crippen molar-refractivity contribution in [1.29, 1.82) is 0 Å². The highest BCUT2D eigenvalue weighted by molar-refractivity contribution is 5.76. The molecule has 112 valence electrons. The fourth-order valence-electron chi connectivity index (χ4n) is 2.67. The van der Waals surface area contributed by atoms with Crippen molar-refractivity contribution < 1.29 is 9.32 Å². The van der Waals surface area contributed by atoms with Gasteiger partial charge in [-0.15, -0.1) is 0 Å². The third-order valence-corrected chi connectivity index (χ3v) is 3.66. The Morgan fingerprint density at radius 1 is 1.52 bits per heavy atom. The van der Waals surface area contributed by atoms with Crippen molar-refractivity contribution >= 4 is 5.91 Å². The molecule has 1 amide bonds. The maximum atomic E-state index is 12.4. The minimum absolute atomic E-state index is 0.0404. The van der Waals surface area contributed by atoms with E-state index in [1.54, 1.807) is 17.9 Å². The minimum atomic E-state index is -0.0404. The van der Waals surface area contributed by atoms with Gasteiger partial charge in [0.1, 0.15) is 12.7 Å². The summed E-state index contributed by atoms with van der Waals surface area (Å²) in [6.45, 7) is 3.22. The lowest BCUT2D eigenvalue weighted by atomic mass is 10.2. The second-order valence-corrected chi connectivity index (χ2v) is 5.18. The predicted molar refractivity (Wildman–Crippen MR) is 72.0 cm³/mol. The van der Waals surface area contributed by atoms with Crippen LogP contribution in [0.1, 0.15) is 43.4 Å². The standard InChI is InChI=1S/C13H18N6O2/c1-10-16-13(17-21-10)11-4-2-7-19(11)12(20)5-3-6-18-9-14-8-15-18/h8-9,11H,2-7H2,1H3/t11-/m1/s1. The lowest BCUT2D eigenvalue weighted by molar-refractivity contribution is -0.132. The van der Waals surface area contributed by atoms with E-state index in [1.807, 2.05) is 4.90 Å². The molecule has 0 saturated carbocycles. The van der Waals surface area contributed by atoms with Gasteiger partial charge >= 0.3 is 0 Å². The quantitative estimate of drug-likeness (QED) is 0.819. The summed E-state index contributed by atoms with van der Waals surface area (Å²) >= 11 is 0. The first-order valence-corrected chi connectivity index (χ1v) is 7.16. The Morgan fingerprint density at radius 3 is 3.14 bits per heavy atom. The van der Waals surface area contributed by atoms with E-state index in [2.05, 4.69) is 20.2 Å². The molecular formula is C13H18N6O2. The molecule has 1 aliphatic rings. The summed E-state index contributed by atoms with van der Waals surface area (Å²) in [5.41, 5.74) is 0. The van der Waals surface area contributed by atoms with E-state index in [0.29, 0.717) is 24.7 Å². The molecule has 1 atom stereocenters. The van der Waals surface area contributed by atoms with E-state index >= 15 is 0 Å². The second kappa shape index (κ2) is 6.02. The molecule has 0 radical (unpaired) electrons. The first-order chi connectivity index (χ1) is 10.2. The van der Waals surface area contributed by atoms with Crippen LogP contribution in [-0.4, -0.2) is 42.3 Å². The van der Waals surface area contributed by atoms with Crippen LogP contribution >= 0.6 is 0 Å². The molecule has 0 N–H and O–H groups in total. The zero-order valence-electron chi connectivity index (χ0n) is 12.0. The van der Waals surface area contributed by atoms with Gasteiger partial charge in [-0.05, 0) is 19.3 Å². The van der Waals surface area contributed by atoms with Gasteiger partial charge in [-0.2, -0.15) is 10.1 Å². The highest BCUT2D eigenvalue weighted by Gasteiger charge is 2.32. The summed E-state index contributed by atoms with van der Waals surface area (Å²) < 4.78 is 6.75. The number of hydrogen-bond donors (Lipinski definition) is 0. The summed E-state index contributed by atoms with van der Waals surface area (Å²) in [6, 6.07) is -0.0404. The number of carbonyl (C=O) groups excluding carboxylic acids is 1. The molecule has 0 aliphatic carbocycles. The van der Waals surface area contributed by atoms with Crippen LogP contribution in [-0.2, 0) is 11.3 Å². The lowest BCUT2D eigenvalue weighted by Crippen LogP contribution is -2.31. The number of amides is 1. The molecule has 8 heteroatoms. The fraction of sp³-hybridized carbons (Fsp3) is 0.615. The maximum absolute atomic E-state index is 12.4. The second-order valence-electron chi connectivity index (χ2n) is 5.18. The van der Waals surface area contributed by atoms with Gasteiger partial charge in [0.2, 0.25) is 11.8 Å². The smallest absolute Gasteiger partial charge is 0.223 e. The number of carbonyl (C=O) groups is 1. The van der Waals surface area contributed by atoms with Gasteiger partial charge < -0.3 is 9.42 Å². The molecular weight excluding hydrogens is 272 g/mol. The van der Waals surface area contributed by atoms with Crippen molar-refractivity contribution in [2.24, 2.45) is 0 Å². The van der Waals surface area contributed by atoms with E-state index in [-0.39, 0.29) is 11.9 Å². The van der Waals surface area contributed by atoms with Gasteiger partial charge in [0.15, 0.2) is 5.82 Å². The van der Waals surface area contributed by atoms with Crippen molar-refractivity contribution in [1.82, 2.24) is 29.8 Å². The van der Waals surface area contributed by atoms with Crippen molar-refractivity contribution in [3.8, 4) is 0 Å². The SMILES string of the molecule is Cc1nc([C@H]2CCCN2C(=O)CCCn2cncn2)no1. The number of likely N-dealkylation sites (tertiary alicyclic amines) is 1. The molecule has 0 unspecified atom stereocenters. The van der Waals surface area contributed by atoms with Crippen molar-refractivity contribution in [3.05, 3.63) is 24.4 Å². The van der Waals surface area contributed by atoms with Crippen molar-refractivity contribution in [2.45, 2.75) is 45.2 Å². The Morgan fingerprint density at radius 2 is 2.43 bits per heavy atom. The Bertz CT molecular complexity index is 594. The van der Waals surface area contributed by atoms with Gasteiger partial charge in [-0.3, -0.25) is 9.48 Å². The normalized spacial score (nSPS) is 18.3. The molecule has 1 saturated heterocycles. The van der Waals surface area contributed by atoms with Crippen LogP contribution in [0.5, 0.6) is 0 Å². The molecule has 1 aliphatic heterocycles. The molecule has 8 nitrogen and oxygen atoms in total. The molecule has 2 aromatic heterocycles. The Labute approximate surface area is 122 Å². The molecule has 0 spiro atoms. The van der Waals surface area contributed by atoms with Crippen LogP contribution in [0.2, 0.25) is 0 Å². The molecule has 1 fully saturated rings. The summed E-state index contributed by atoms with van der Waals surface area (Å²) in [5.74, 6) is 1.30. The first kappa shape index (κ1) is 13.7. The molecule has 21 heavy (non-hydrogen) atoms. The van der Waals surface area contributed by atoms with Gasteiger partial charge in [0, 0.05) is 26.4 Å². The van der Waals surface area contributed by atoms with E-state index in [0.717, 1.165) is 25.8 Å². The molecule has 0 bridgehead atoms. The molecule has 3 rings (SSSR count). The number of rotatable bonds is 5. The third kappa shape index (κ3) is 3.09. The zero-order valence-corrected chi connectivity index (χ0v) is 12.0. The maximum Gasteiger partial charge on any atom is 0.223 e. The largest absolute Gasteiger partial charge is 0.340 e. The monoisotopic (exact) mass is 290 g/mol. The number of aromatic nitrogens is 5. The summed E-state index contributed by atoms with van der Waals surface area (Å²) in [7, 11) is 0. The predicted octanol–water partition coefficient (Wildman–Crippen LogP) is 1.11. The van der Waals surface area contributed by atoms with Crippen LogP contribution in [0.25, 0.3) is 0 Å². The van der Waals surface area contributed by atoms with Gasteiger partial charge in [0.05, 0.1) is 6.04 Å². The van der Waals surface area contributed by atoms with Crippen LogP contribution in [0, 0.1) is 6.92 Å². The van der Waals surface area contributed by atoms with Crippen molar-refractivity contribution in [3.63, 3.8) is 0 Å². The Balaban J connectivity index is 1.55.